The van der Waals surface area contributed by atoms with Crippen molar-refractivity contribution >= 4 is 24.2 Å². The molecule has 0 heterocycles. The van der Waals surface area contributed by atoms with E-state index in [2.05, 4.69) is 58.9 Å². The van der Waals surface area contributed by atoms with Crippen molar-refractivity contribution < 1.29 is 22.0 Å². The Hall–Kier alpha value is -0.479. The van der Waals surface area contributed by atoms with Crippen LogP contribution in [0.25, 0.3) is 0 Å². The van der Waals surface area contributed by atoms with Crippen LogP contribution in [-0.2, 0) is 5.41 Å². The summed E-state index contributed by atoms with van der Waals surface area (Å²) in [7, 11) is -5.86. The summed E-state index contributed by atoms with van der Waals surface area (Å²) in [5.74, 6) is -8.82. The monoisotopic (exact) mass is 434 g/mol. The zero-order valence-corrected chi connectivity index (χ0v) is 20.4. The zero-order valence-electron chi connectivity index (χ0n) is 17.4. The quantitative estimate of drug-likeness (QED) is 0.209. The highest BCUT2D eigenvalue weighted by atomic mass is 28.3. The number of rotatable bonds is 4. The van der Waals surface area contributed by atoms with Gasteiger partial charge in [-0.15, -0.1) is 0 Å². The maximum Gasteiger partial charge on any atom is 0.200 e. The number of hydrogen-bond acceptors (Lipinski definition) is 0. The molecule has 0 aliphatic heterocycles. The minimum absolute atomic E-state index is 0.215. The van der Waals surface area contributed by atoms with Crippen molar-refractivity contribution in [1.82, 2.24) is 0 Å². The molecule has 0 N–H and O–H groups in total. The normalized spacial score (nSPS) is 39.3. The van der Waals surface area contributed by atoms with E-state index in [0.717, 1.165) is 0 Å². The maximum atomic E-state index is 15.0. The topological polar surface area (TPSA) is 0 Å². The fourth-order valence-electron chi connectivity index (χ4n) is 8.62. The van der Waals surface area contributed by atoms with Crippen molar-refractivity contribution in [2.75, 3.05) is 0 Å². The van der Waals surface area contributed by atoms with E-state index in [-0.39, 0.29) is 15.1 Å². The lowest BCUT2D eigenvalue weighted by atomic mass is 10.1. The fraction of sp³-hybridized carbons (Fsp3) is 0.684. The second-order valence-electron chi connectivity index (χ2n) is 11.7. The first-order valence-corrected chi connectivity index (χ1v) is 19.9. The lowest BCUT2D eigenvalue weighted by Crippen LogP contribution is -2.26. The molecule has 0 bridgehead atoms. The molecule has 0 amide bonds. The van der Waals surface area contributed by atoms with Gasteiger partial charge in [0.2, 0.25) is 5.82 Å². The molecule has 150 valence electrons. The van der Waals surface area contributed by atoms with Crippen LogP contribution in [0.4, 0.5) is 22.0 Å². The van der Waals surface area contributed by atoms with E-state index in [1.54, 1.807) is 0 Å². The van der Waals surface area contributed by atoms with Crippen LogP contribution in [0.2, 0.25) is 74.0 Å². The van der Waals surface area contributed by atoms with Gasteiger partial charge in [0.05, 0.1) is 24.2 Å². The highest BCUT2D eigenvalue weighted by Gasteiger charge is 3.39. The predicted octanol–water partition coefficient (Wildman–Crippen LogP) is 6.90. The molecule has 0 radical (unpaired) electrons. The molecular weight excluding hydrogens is 407 g/mol. The molecule has 0 spiro atoms. The minimum atomic E-state index is -2.05. The third kappa shape index (κ3) is 1.34. The maximum absolute atomic E-state index is 15.0. The van der Waals surface area contributed by atoms with Gasteiger partial charge in [0.1, 0.15) is 0 Å². The molecular formula is C19H27F5Si3. The van der Waals surface area contributed by atoms with Gasteiger partial charge in [-0.25, -0.2) is 22.0 Å². The molecule has 4 aliphatic carbocycles. The Balaban J connectivity index is 2.11. The van der Waals surface area contributed by atoms with Crippen LogP contribution >= 0.6 is 0 Å². The highest BCUT2D eigenvalue weighted by molar-refractivity contribution is 7.06. The Morgan fingerprint density at radius 3 is 0.889 bits per heavy atom. The molecule has 4 aliphatic rings. The summed E-state index contributed by atoms with van der Waals surface area (Å²) in [5, 5.41) is -0.645. The predicted molar refractivity (Wildman–Crippen MR) is 106 cm³/mol. The van der Waals surface area contributed by atoms with E-state index in [9.17, 15) is 22.0 Å². The Morgan fingerprint density at radius 1 is 0.444 bits per heavy atom. The summed E-state index contributed by atoms with van der Waals surface area (Å²) in [6.07, 6.45) is 0. The molecule has 8 heteroatoms. The third-order valence-corrected chi connectivity index (χ3v) is 19.0. The van der Waals surface area contributed by atoms with Crippen molar-refractivity contribution in [1.29, 1.82) is 0 Å². The van der Waals surface area contributed by atoms with Crippen molar-refractivity contribution in [2.24, 2.45) is 0 Å². The fourth-order valence-corrected chi connectivity index (χ4v) is 29.4. The van der Waals surface area contributed by atoms with E-state index in [0.29, 0.717) is 0 Å². The highest BCUT2D eigenvalue weighted by Crippen LogP contribution is 3.49. The second kappa shape index (κ2) is 4.33. The SMILES string of the molecule is C[Si](C)(C)C12C3(c4c(F)c(F)c(F)c(F)c4F)C1([Si](C)(C)C)C32[Si](C)(C)C. The Bertz CT molecular complexity index is 818. The molecule has 0 unspecified atom stereocenters. The van der Waals surface area contributed by atoms with Gasteiger partial charge in [0.25, 0.3) is 0 Å². The van der Waals surface area contributed by atoms with Crippen molar-refractivity contribution in [3.8, 4) is 0 Å². The Labute approximate surface area is 160 Å². The van der Waals surface area contributed by atoms with Gasteiger partial charge >= 0.3 is 0 Å². The molecule has 0 saturated heterocycles. The van der Waals surface area contributed by atoms with Crippen molar-refractivity contribution in [2.45, 2.75) is 79.5 Å². The van der Waals surface area contributed by atoms with Gasteiger partial charge in [-0.2, -0.15) is 0 Å². The third-order valence-electron chi connectivity index (χ3n) is 8.08. The average Bonchev–Trinajstić information content (AvgIpc) is 3.32. The zero-order chi connectivity index (χ0) is 21.0. The van der Waals surface area contributed by atoms with Crippen LogP contribution in [0.15, 0.2) is 0 Å². The van der Waals surface area contributed by atoms with Crippen LogP contribution in [-0.4, -0.2) is 24.2 Å². The molecule has 4 saturated carbocycles. The van der Waals surface area contributed by atoms with Gasteiger partial charge in [-0.1, -0.05) is 58.9 Å². The first-order valence-electron chi connectivity index (χ1n) is 9.44. The van der Waals surface area contributed by atoms with E-state index < -0.39 is 64.3 Å². The standard InChI is InChI=1S/C19H27F5Si3/c1-25(2,3)17-16(10-11(20)13(22)15(24)14(23)12(10)21)18(17,26(4,5)6)19(16,17)27(7,8)9/h1-9H3. The summed E-state index contributed by atoms with van der Waals surface area (Å²) in [4.78, 5) is 0. The summed E-state index contributed by atoms with van der Waals surface area (Å²) in [6.45, 7) is 19.8. The number of benzene rings is 1. The number of halogens is 5. The molecule has 0 aromatic heterocycles. The second-order valence-corrected chi connectivity index (χ2v) is 27.4. The Morgan fingerprint density at radius 2 is 0.667 bits per heavy atom. The van der Waals surface area contributed by atoms with E-state index >= 15 is 0 Å². The molecule has 5 rings (SSSR count). The van der Waals surface area contributed by atoms with Gasteiger partial charge in [-0.3, -0.25) is 0 Å². The molecule has 0 nitrogen and oxygen atoms in total. The smallest absolute Gasteiger partial charge is 0.200 e. The summed E-state index contributed by atoms with van der Waals surface area (Å²) in [5.41, 5.74) is -1.30. The van der Waals surface area contributed by atoms with Crippen LogP contribution in [0, 0.1) is 29.1 Å². The lowest BCUT2D eigenvalue weighted by molar-refractivity contribution is 0.369. The molecule has 1 aromatic carbocycles. The van der Waals surface area contributed by atoms with Crippen LogP contribution in [0.3, 0.4) is 0 Å². The molecule has 4 fully saturated rings. The van der Waals surface area contributed by atoms with Gasteiger partial charge < -0.3 is 0 Å². The van der Waals surface area contributed by atoms with Gasteiger partial charge in [0, 0.05) is 11.0 Å². The largest absolute Gasteiger partial charge is 0.203 e. The first kappa shape index (κ1) is 19.8. The van der Waals surface area contributed by atoms with E-state index in [1.807, 2.05) is 0 Å². The van der Waals surface area contributed by atoms with Crippen LogP contribution in [0.5, 0.6) is 0 Å². The summed E-state index contributed by atoms with van der Waals surface area (Å²) >= 11 is 0. The van der Waals surface area contributed by atoms with Crippen LogP contribution < -0.4 is 0 Å². The van der Waals surface area contributed by atoms with Gasteiger partial charge in [-0.05, 0) is 15.1 Å². The van der Waals surface area contributed by atoms with Crippen molar-refractivity contribution in [3.05, 3.63) is 34.6 Å². The summed E-state index contributed by atoms with van der Waals surface area (Å²) in [6, 6.07) is 0. The summed E-state index contributed by atoms with van der Waals surface area (Å²) < 4.78 is 71.9. The van der Waals surface area contributed by atoms with E-state index in [1.165, 1.54) is 0 Å². The molecule has 1 aromatic rings. The lowest BCUT2D eigenvalue weighted by Gasteiger charge is -2.20. The van der Waals surface area contributed by atoms with Crippen molar-refractivity contribution in [3.63, 3.8) is 0 Å². The Kier molecular flexibility index (Phi) is 3.18. The average molecular weight is 435 g/mol. The number of hydrogen-bond donors (Lipinski definition) is 0. The molecule has 0 atom stereocenters. The van der Waals surface area contributed by atoms with E-state index in [4.69, 9.17) is 0 Å². The minimum Gasteiger partial charge on any atom is -0.203 e. The molecule has 27 heavy (non-hydrogen) atoms. The van der Waals surface area contributed by atoms with Crippen LogP contribution in [0.1, 0.15) is 5.56 Å². The van der Waals surface area contributed by atoms with Gasteiger partial charge in [0.15, 0.2) is 23.3 Å². The first-order chi connectivity index (χ1) is 11.9.